The molecule has 98 valence electrons. The van der Waals surface area contributed by atoms with E-state index in [0.29, 0.717) is 16.5 Å². The summed E-state index contributed by atoms with van der Waals surface area (Å²) < 4.78 is 0. The Kier molecular flexibility index (Phi) is 4.14. The van der Waals surface area contributed by atoms with Crippen LogP contribution in [-0.2, 0) is 0 Å². The van der Waals surface area contributed by atoms with Gasteiger partial charge in [-0.1, -0.05) is 0 Å². The van der Waals surface area contributed by atoms with E-state index in [1.807, 2.05) is 4.90 Å². The summed E-state index contributed by atoms with van der Waals surface area (Å²) in [7, 11) is 0. The molecule has 0 saturated carbocycles. The molecule has 0 unspecified atom stereocenters. The van der Waals surface area contributed by atoms with Crippen LogP contribution in [0.15, 0.2) is 11.4 Å². The quantitative estimate of drug-likeness (QED) is 0.782. The van der Waals surface area contributed by atoms with Crippen LogP contribution in [0, 0.1) is 0 Å². The molecule has 1 aromatic heterocycles. The van der Waals surface area contributed by atoms with Crippen molar-refractivity contribution in [2.24, 2.45) is 0 Å². The standard InChI is InChI=1S/C13H18N2O2S/c1-10(2)14-3-5-15(6-4-14)13(17)11-7-12(8-16)18-9-11/h7-10H,3-6H2,1-2H3. The summed E-state index contributed by atoms with van der Waals surface area (Å²) in [5.41, 5.74) is 0.639. The Morgan fingerprint density at radius 1 is 1.33 bits per heavy atom. The lowest BCUT2D eigenvalue weighted by Crippen LogP contribution is -2.50. The van der Waals surface area contributed by atoms with Gasteiger partial charge in [0.1, 0.15) is 0 Å². The Morgan fingerprint density at radius 2 is 2.00 bits per heavy atom. The normalized spacial score (nSPS) is 17.2. The Balaban J connectivity index is 1.97. The van der Waals surface area contributed by atoms with E-state index in [2.05, 4.69) is 18.7 Å². The van der Waals surface area contributed by atoms with Crippen molar-refractivity contribution in [2.75, 3.05) is 26.2 Å². The molecule has 0 aromatic carbocycles. The van der Waals surface area contributed by atoms with Crippen LogP contribution in [0.25, 0.3) is 0 Å². The number of nitrogens with zero attached hydrogens (tertiary/aromatic N) is 2. The Morgan fingerprint density at radius 3 is 2.50 bits per heavy atom. The molecule has 0 bridgehead atoms. The molecule has 4 nitrogen and oxygen atoms in total. The van der Waals surface area contributed by atoms with E-state index in [9.17, 15) is 9.59 Å². The molecule has 1 saturated heterocycles. The molecule has 0 aliphatic carbocycles. The van der Waals surface area contributed by atoms with Crippen molar-refractivity contribution in [3.05, 3.63) is 21.9 Å². The van der Waals surface area contributed by atoms with Crippen LogP contribution in [0.4, 0.5) is 0 Å². The Labute approximate surface area is 111 Å². The van der Waals surface area contributed by atoms with Gasteiger partial charge in [-0.2, -0.15) is 0 Å². The fraction of sp³-hybridized carbons (Fsp3) is 0.538. The summed E-state index contributed by atoms with van der Waals surface area (Å²) in [5, 5.41) is 1.76. The third-order valence-corrected chi connectivity index (χ3v) is 4.17. The van der Waals surface area contributed by atoms with Crippen molar-refractivity contribution in [1.82, 2.24) is 9.80 Å². The van der Waals surface area contributed by atoms with Crippen molar-refractivity contribution in [3.8, 4) is 0 Å². The smallest absolute Gasteiger partial charge is 0.254 e. The lowest BCUT2D eigenvalue weighted by Gasteiger charge is -2.36. The predicted molar refractivity (Wildman–Crippen MR) is 72.3 cm³/mol. The third-order valence-electron chi connectivity index (χ3n) is 3.31. The lowest BCUT2D eigenvalue weighted by atomic mass is 10.2. The van der Waals surface area contributed by atoms with Crippen LogP contribution < -0.4 is 0 Å². The molecule has 1 aliphatic heterocycles. The number of hydrogen-bond donors (Lipinski definition) is 0. The number of amides is 1. The lowest BCUT2D eigenvalue weighted by molar-refractivity contribution is 0.0596. The first-order valence-corrected chi connectivity index (χ1v) is 7.07. The van der Waals surface area contributed by atoms with Gasteiger partial charge in [-0.25, -0.2) is 0 Å². The number of rotatable bonds is 3. The molecule has 1 fully saturated rings. The largest absolute Gasteiger partial charge is 0.336 e. The SMILES string of the molecule is CC(C)N1CCN(C(=O)c2csc(C=O)c2)CC1. The maximum absolute atomic E-state index is 12.2. The van der Waals surface area contributed by atoms with Crippen molar-refractivity contribution < 1.29 is 9.59 Å². The average molecular weight is 266 g/mol. The van der Waals surface area contributed by atoms with Crippen molar-refractivity contribution in [2.45, 2.75) is 19.9 Å². The molecule has 0 atom stereocenters. The van der Waals surface area contributed by atoms with Gasteiger partial charge in [0, 0.05) is 37.6 Å². The second kappa shape index (κ2) is 5.63. The second-order valence-corrected chi connectivity index (χ2v) is 5.72. The first-order valence-electron chi connectivity index (χ1n) is 6.19. The molecule has 1 aromatic rings. The summed E-state index contributed by atoms with van der Waals surface area (Å²) in [6.07, 6.45) is 0.790. The minimum Gasteiger partial charge on any atom is -0.336 e. The van der Waals surface area contributed by atoms with E-state index in [4.69, 9.17) is 0 Å². The highest BCUT2D eigenvalue weighted by molar-refractivity contribution is 7.12. The third kappa shape index (κ3) is 2.79. The van der Waals surface area contributed by atoms with Crippen LogP contribution in [0.3, 0.4) is 0 Å². The van der Waals surface area contributed by atoms with E-state index in [-0.39, 0.29) is 5.91 Å². The second-order valence-electron chi connectivity index (χ2n) is 4.78. The van der Waals surface area contributed by atoms with Gasteiger partial charge in [0.05, 0.1) is 10.4 Å². The maximum atomic E-state index is 12.2. The van der Waals surface area contributed by atoms with Gasteiger partial charge < -0.3 is 4.90 Å². The molecule has 18 heavy (non-hydrogen) atoms. The van der Waals surface area contributed by atoms with Gasteiger partial charge in [0.2, 0.25) is 0 Å². The van der Waals surface area contributed by atoms with Gasteiger partial charge in [-0.05, 0) is 19.9 Å². The average Bonchev–Trinajstić information content (AvgIpc) is 2.86. The number of thiophene rings is 1. The number of piperazine rings is 1. The van der Waals surface area contributed by atoms with E-state index in [1.54, 1.807) is 11.4 Å². The summed E-state index contributed by atoms with van der Waals surface area (Å²) >= 11 is 1.32. The number of hydrogen-bond acceptors (Lipinski definition) is 4. The molecular weight excluding hydrogens is 248 g/mol. The van der Waals surface area contributed by atoms with Crippen LogP contribution in [-0.4, -0.2) is 54.2 Å². The summed E-state index contributed by atoms with van der Waals surface area (Å²) in [5.74, 6) is 0.0442. The topological polar surface area (TPSA) is 40.6 Å². The number of aldehydes is 1. The molecule has 2 heterocycles. The first kappa shape index (κ1) is 13.2. The van der Waals surface area contributed by atoms with Gasteiger partial charge in [0.25, 0.3) is 5.91 Å². The van der Waals surface area contributed by atoms with Crippen molar-refractivity contribution >= 4 is 23.5 Å². The van der Waals surface area contributed by atoms with E-state index < -0.39 is 0 Å². The molecule has 1 aliphatic rings. The number of carbonyl (C=O) groups excluding carboxylic acids is 2. The molecular formula is C13H18N2O2S. The van der Waals surface area contributed by atoms with Crippen LogP contribution >= 0.6 is 11.3 Å². The predicted octanol–water partition coefficient (Wildman–Crippen LogP) is 1.73. The number of carbonyl (C=O) groups is 2. The zero-order valence-corrected chi connectivity index (χ0v) is 11.6. The first-order chi connectivity index (χ1) is 8.61. The van der Waals surface area contributed by atoms with E-state index >= 15 is 0 Å². The molecule has 5 heteroatoms. The summed E-state index contributed by atoms with van der Waals surface area (Å²) in [6, 6.07) is 2.21. The summed E-state index contributed by atoms with van der Waals surface area (Å²) in [4.78, 5) is 27.7. The van der Waals surface area contributed by atoms with E-state index in [1.165, 1.54) is 11.3 Å². The minimum atomic E-state index is 0.0442. The fourth-order valence-corrected chi connectivity index (χ4v) is 2.83. The Hall–Kier alpha value is -1.20. The van der Waals surface area contributed by atoms with E-state index in [0.717, 1.165) is 32.5 Å². The van der Waals surface area contributed by atoms with Gasteiger partial charge >= 0.3 is 0 Å². The fourth-order valence-electron chi connectivity index (χ4n) is 2.15. The van der Waals surface area contributed by atoms with Gasteiger partial charge in [-0.15, -0.1) is 11.3 Å². The zero-order valence-electron chi connectivity index (χ0n) is 10.8. The molecule has 0 N–H and O–H groups in total. The van der Waals surface area contributed by atoms with Crippen LogP contribution in [0.1, 0.15) is 33.9 Å². The van der Waals surface area contributed by atoms with Crippen LogP contribution in [0.2, 0.25) is 0 Å². The zero-order chi connectivity index (χ0) is 13.1. The molecule has 0 spiro atoms. The Bertz CT molecular complexity index is 434. The van der Waals surface area contributed by atoms with Gasteiger partial charge in [0.15, 0.2) is 6.29 Å². The molecule has 0 radical (unpaired) electrons. The monoisotopic (exact) mass is 266 g/mol. The highest BCUT2D eigenvalue weighted by Crippen LogP contribution is 2.16. The molecule has 1 amide bonds. The summed E-state index contributed by atoms with van der Waals surface area (Å²) in [6.45, 7) is 7.73. The van der Waals surface area contributed by atoms with Gasteiger partial charge in [-0.3, -0.25) is 14.5 Å². The highest BCUT2D eigenvalue weighted by atomic mass is 32.1. The van der Waals surface area contributed by atoms with Crippen molar-refractivity contribution in [3.63, 3.8) is 0 Å². The van der Waals surface area contributed by atoms with Crippen molar-refractivity contribution in [1.29, 1.82) is 0 Å². The molecule has 2 rings (SSSR count). The maximum Gasteiger partial charge on any atom is 0.254 e. The highest BCUT2D eigenvalue weighted by Gasteiger charge is 2.23. The minimum absolute atomic E-state index is 0.0442. The van der Waals surface area contributed by atoms with Crippen LogP contribution in [0.5, 0.6) is 0 Å².